The lowest BCUT2D eigenvalue weighted by molar-refractivity contribution is 0.0697. The summed E-state index contributed by atoms with van der Waals surface area (Å²) in [6.45, 7) is 3.91. The van der Waals surface area contributed by atoms with E-state index >= 15 is 0 Å². The van der Waals surface area contributed by atoms with E-state index in [1.807, 2.05) is 13.8 Å². The molecule has 1 aromatic carbocycles. The summed E-state index contributed by atoms with van der Waals surface area (Å²) >= 11 is 5.93. The molecule has 0 amide bonds. The van der Waals surface area contributed by atoms with Gasteiger partial charge in [-0.15, -0.1) is 0 Å². The molecule has 0 saturated heterocycles. The summed E-state index contributed by atoms with van der Waals surface area (Å²) in [5.74, 6) is -0.834. The van der Waals surface area contributed by atoms with E-state index in [1.54, 1.807) is 0 Å². The topological polar surface area (TPSA) is 63.3 Å². The number of anilines is 1. The Morgan fingerprint density at radius 3 is 2.43 bits per heavy atom. The summed E-state index contributed by atoms with van der Waals surface area (Å²) in [5, 5.41) is 9.16. The highest BCUT2D eigenvalue weighted by molar-refractivity contribution is 6.32. The Bertz CT molecular complexity index is 351. The minimum Gasteiger partial charge on any atom is -0.478 e. The Balaban J connectivity index is 3.32. The minimum absolute atomic E-state index is 0.122. The molecule has 1 rings (SSSR count). The molecule has 0 aliphatic carbocycles. The van der Waals surface area contributed by atoms with Crippen LogP contribution in [0.15, 0.2) is 12.1 Å². The first-order valence-corrected chi connectivity index (χ1v) is 4.63. The van der Waals surface area contributed by atoms with Crippen molar-refractivity contribution in [1.29, 1.82) is 0 Å². The fraction of sp³-hybridized carbons (Fsp3) is 0.300. The van der Waals surface area contributed by atoms with Crippen LogP contribution in [0.1, 0.15) is 35.7 Å². The van der Waals surface area contributed by atoms with Gasteiger partial charge in [0.25, 0.3) is 0 Å². The van der Waals surface area contributed by atoms with E-state index in [9.17, 15) is 4.79 Å². The van der Waals surface area contributed by atoms with Crippen molar-refractivity contribution in [2.75, 3.05) is 5.73 Å². The van der Waals surface area contributed by atoms with Crippen LogP contribution in [0.5, 0.6) is 0 Å². The van der Waals surface area contributed by atoms with Gasteiger partial charge in [0.1, 0.15) is 0 Å². The lowest BCUT2D eigenvalue weighted by Crippen LogP contribution is -2.03. The Hall–Kier alpha value is -1.22. The standard InChI is InChI=1S/C10H12ClNO2/c1-5(2)9-7(11)3-6(10(13)14)4-8(9)12/h3-5H,12H2,1-2H3,(H,13,14). The lowest BCUT2D eigenvalue weighted by atomic mass is 9.99. The van der Waals surface area contributed by atoms with Gasteiger partial charge in [0.05, 0.1) is 5.56 Å². The third-order valence-electron chi connectivity index (χ3n) is 1.99. The summed E-state index contributed by atoms with van der Waals surface area (Å²) in [4.78, 5) is 10.7. The van der Waals surface area contributed by atoms with Crippen molar-refractivity contribution in [2.24, 2.45) is 0 Å². The molecule has 3 N–H and O–H groups in total. The highest BCUT2D eigenvalue weighted by atomic mass is 35.5. The number of hydrogen-bond acceptors (Lipinski definition) is 2. The molecule has 0 fully saturated rings. The van der Waals surface area contributed by atoms with Crippen molar-refractivity contribution in [3.63, 3.8) is 0 Å². The maximum absolute atomic E-state index is 10.7. The van der Waals surface area contributed by atoms with Gasteiger partial charge in [-0.2, -0.15) is 0 Å². The van der Waals surface area contributed by atoms with Crippen LogP contribution in [0.4, 0.5) is 5.69 Å². The maximum atomic E-state index is 10.7. The van der Waals surface area contributed by atoms with E-state index in [0.29, 0.717) is 10.7 Å². The summed E-state index contributed by atoms with van der Waals surface area (Å²) in [7, 11) is 0. The Labute approximate surface area is 87.5 Å². The second kappa shape index (κ2) is 3.88. The van der Waals surface area contributed by atoms with Crippen molar-refractivity contribution in [3.05, 3.63) is 28.3 Å². The first kappa shape index (κ1) is 10.9. The van der Waals surface area contributed by atoms with Crippen LogP contribution < -0.4 is 5.73 Å². The summed E-state index contributed by atoms with van der Waals surface area (Å²) < 4.78 is 0. The third-order valence-corrected chi connectivity index (χ3v) is 2.30. The van der Waals surface area contributed by atoms with Gasteiger partial charge in [-0.1, -0.05) is 25.4 Å². The quantitative estimate of drug-likeness (QED) is 0.743. The zero-order valence-corrected chi connectivity index (χ0v) is 8.80. The van der Waals surface area contributed by atoms with Crippen molar-refractivity contribution >= 4 is 23.3 Å². The smallest absolute Gasteiger partial charge is 0.335 e. The predicted octanol–water partition coefficient (Wildman–Crippen LogP) is 2.74. The van der Waals surface area contributed by atoms with Gasteiger partial charge in [0.2, 0.25) is 0 Å². The number of halogens is 1. The van der Waals surface area contributed by atoms with Gasteiger partial charge >= 0.3 is 5.97 Å². The monoisotopic (exact) mass is 213 g/mol. The average molecular weight is 214 g/mol. The van der Waals surface area contributed by atoms with E-state index in [4.69, 9.17) is 22.4 Å². The molecule has 4 heteroatoms. The maximum Gasteiger partial charge on any atom is 0.335 e. The number of aromatic carboxylic acids is 1. The zero-order valence-electron chi connectivity index (χ0n) is 8.04. The number of hydrogen-bond donors (Lipinski definition) is 2. The highest BCUT2D eigenvalue weighted by Crippen LogP contribution is 2.30. The molecule has 1 aromatic rings. The molecule has 0 radical (unpaired) electrons. The highest BCUT2D eigenvalue weighted by Gasteiger charge is 2.13. The molecule has 0 aliphatic rings. The second-order valence-corrected chi connectivity index (χ2v) is 3.83. The summed E-state index contributed by atoms with van der Waals surface area (Å²) in [6.07, 6.45) is 0. The van der Waals surface area contributed by atoms with Crippen LogP contribution in [-0.4, -0.2) is 11.1 Å². The molecule has 76 valence electrons. The molecule has 0 aromatic heterocycles. The van der Waals surface area contributed by atoms with E-state index in [1.165, 1.54) is 12.1 Å². The van der Waals surface area contributed by atoms with Gasteiger partial charge < -0.3 is 10.8 Å². The molecule has 0 atom stereocenters. The van der Waals surface area contributed by atoms with Crippen LogP contribution in [0.25, 0.3) is 0 Å². The fourth-order valence-corrected chi connectivity index (χ4v) is 1.82. The average Bonchev–Trinajstić information content (AvgIpc) is 2.01. The number of nitrogen functional groups attached to an aromatic ring is 1. The number of rotatable bonds is 2. The van der Waals surface area contributed by atoms with Gasteiger partial charge in [0, 0.05) is 10.7 Å². The molecule has 3 nitrogen and oxygen atoms in total. The van der Waals surface area contributed by atoms with E-state index in [2.05, 4.69) is 0 Å². The van der Waals surface area contributed by atoms with Gasteiger partial charge in [-0.3, -0.25) is 0 Å². The second-order valence-electron chi connectivity index (χ2n) is 3.42. The Morgan fingerprint density at radius 1 is 1.50 bits per heavy atom. The van der Waals surface area contributed by atoms with E-state index < -0.39 is 5.97 Å². The number of carboxylic acid groups (broad SMARTS) is 1. The molecular weight excluding hydrogens is 202 g/mol. The molecule has 0 saturated carbocycles. The number of carbonyl (C=O) groups is 1. The molecule has 0 unspecified atom stereocenters. The minimum atomic E-state index is -1.02. The molecule has 14 heavy (non-hydrogen) atoms. The van der Waals surface area contributed by atoms with Crippen molar-refractivity contribution < 1.29 is 9.90 Å². The number of nitrogens with two attached hydrogens (primary N) is 1. The van der Waals surface area contributed by atoms with Gasteiger partial charge in [0.15, 0.2) is 0 Å². The van der Waals surface area contributed by atoms with Crippen molar-refractivity contribution in [3.8, 4) is 0 Å². The van der Waals surface area contributed by atoms with Gasteiger partial charge in [-0.25, -0.2) is 4.79 Å². The number of benzene rings is 1. The molecule has 0 aliphatic heterocycles. The van der Waals surface area contributed by atoms with Crippen molar-refractivity contribution in [1.82, 2.24) is 0 Å². The summed E-state index contributed by atoms with van der Waals surface area (Å²) in [6, 6.07) is 2.86. The largest absolute Gasteiger partial charge is 0.478 e. The normalized spacial score (nSPS) is 10.6. The molecule has 0 spiro atoms. The SMILES string of the molecule is CC(C)c1c(N)cc(C(=O)O)cc1Cl. The van der Waals surface area contributed by atoms with E-state index in [0.717, 1.165) is 5.56 Å². The predicted molar refractivity (Wildman–Crippen MR) is 56.9 cm³/mol. The van der Waals surface area contributed by atoms with Crippen LogP contribution in [-0.2, 0) is 0 Å². The van der Waals surface area contributed by atoms with Crippen LogP contribution in [0.2, 0.25) is 5.02 Å². The first-order valence-electron chi connectivity index (χ1n) is 4.25. The Morgan fingerprint density at radius 2 is 2.07 bits per heavy atom. The lowest BCUT2D eigenvalue weighted by Gasteiger charge is -2.12. The van der Waals surface area contributed by atoms with Crippen LogP contribution >= 0.6 is 11.6 Å². The molecular formula is C10H12ClNO2. The Kier molecular flexibility index (Phi) is 3.01. The van der Waals surface area contributed by atoms with Crippen molar-refractivity contribution in [2.45, 2.75) is 19.8 Å². The fourth-order valence-electron chi connectivity index (χ4n) is 1.37. The molecule has 0 heterocycles. The molecule has 0 bridgehead atoms. The van der Waals surface area contributed by atoms with Crippen LogP contribution in [0.3, 0.4) is 0 Å². The van der Waals surface area contributed by atoms with Gasteiger partial charge in [-0.05, 0) is 23.6 Å². The van der Waals surface area contributed by atoms with E-state index in [-0.39, 0.29) is 11.5 Å². The number of carboxylic acids is 1. The zero-order chi connectivity index (χ0) is 10.9. The van der Waals surface area contributed by atoms with Crippen LogP contribution in [0, 0.1) is 0 Å². The third kappa shape index (κ3) is 1.99. The first-order chi connectivity index (χ1) is 6.43. The summed E-state index contributed by atoms with van der Waals surface area (Å²) in [5.41, 5.74) is 7.07.